The molecule has 2 aromatic carbocycles. The van der Waals surface area contributed by atoms with Crippen molar-refractivity contribution < 1.29 is 4.39 Å². The number of para-hydroxylation sites is 1. The Hall–Kier alpha value is -1.87. The molecule has 0 spiro atoms. The van der Waals surface area contributed by atoms with E-state index in [1.165, 1.54) is 12.1 Å². The Kier molecular flexibility index (Phi) is 3.22. The second kappa shape index (κ2) is 4.91. The van der Waals surface area contributed by atoms with E-state index < -0.39 is 0 Å². The summed E-state index contributed by atoms with van der Waals surface area (Å²) < 4.78 is 15.6. The van der Waals surface area contributed by atoms with Crippen LogP contribution in [-0.4, -0.2) is 9.55 Å². The van der Waals surface area contributed by atoms with Crippen LogP contribution in [0.3, 0.4) is 0 Å². The van der Waals surface area contributed by atoms with Gasteiger partial charge in [-0.25, -0.2) is 9.37 Å². The van der Waals surface area contributed by atoms with Crippen LogP contribution in [0.2, 0.25) is 0 Å². The van der Waals surface area contributed by atoms with E-state index in [1.807, 2.05) is 42.7 Å². The summed E-state index contributed by atoms with van der Waals surface area (Å²) in [6, 6.07) is 10.9. The van der Waals surface area contributed by atoms with Crippen LogP contribution in [0.15, 0.2) is 36.4 Å². The lowest BCUT2D eigenvalue weighted by molar-refractivity contribution is 0.625. The van der Waals surface area contributed by atoms with Crippen molar-refractivity contribution >= 4 is 22.6 Å². The highest BCUT2D eigenvalue weighted by Gasteiger charge is 2.14. The predicted octanol–water partition coefficient (Wildman–Crippen LogP) is 4.52. The molecule has 0 amide bonds. The number of fused-ring (bicyclic) bond motifs is 1. The molecule has 2 nitrogen and oxygen atoms in total. The molecule has 1 heterocycles. The zero-order valence-electron chi connectivity index (χ0n) is 11.3. The first-order valence-electron chi connectivity index (χ1n) is 6.40. The number of halogens is 2. The number of alkyl halides is 1. The maximum absolute atomic E-state index is 13.7. The van der Waals surface area contributed by atoms with Crippen molar-refractivity contribution in [3.05, 3.63) is 59.2 Å². The molecule has 0 saturated carbocycles. The molecule has 0 saturated heterocycles. The molecule has 20 heavy (non-hydrogen) atoms. The molecule has 0 aliphatic carbocycles. The third kappa shape index (κ3) is 2.08. The SMILES string of the molecule is Cc1cc(F)cc(-n2c(CCl)nc3cccc(C)c32)c1. The van der Waals surface area contributed by atoms with Crippen molar-refractivity contribution in [1.29, 1.82) is 0 Å². The first-order chi connectivity index (χ1) is 9.60. The predicted molar refractivity (Wildman–Crippen MR) is 80.1 cm³/mol. The van der Waals surface area contributed by atoms with Crippen molar-refractivity contribution in [2.45, 2.75) is 19.7 Å². The van der Waals surface area contributed by atoms with Crippen molar-refractivity contribution in [3.63, 3.8) is 0 Å². The van der Waals surface area contributed by atoms with E-state index in [0.29, 0.717) is 0 Å². The van der Waals surface area contributed by atoms with Crippen LogP contribution in [0.5, 0.6) is 0 Å². The van der Waals surface area contributed by atoms with Gasteiger partial charge in [0.1, 0.15) is 11.6 Å². The largest absolute Gasteiger partial charge is 0.295 e. The molecule has 0 fully saturated rings. The molecule has 0 atom stereocenters. The molecule has 3 aromatic rings. The number of aryl methyl sites for hydroxylation is 2. The van der Waals surface area contributed by atoms with Gasteiger partial charge >= 0.3 is 0 Å². The van der Waals surface area contributed by atoms with E-state index in [2.05, 4.69) is 4.98 Å². The fraction of sp³-hybridized carbons (Fsp3) is 0.188. The number of nitrogens with zero attached hydrogens (tertiary/aromatic N) is 2. The van der Waals surface area contributed by atoms with Gasteiger partial charge in [-0.05, 0) is 49.2 Å². The minimum atomic E-state index is -0.254. The minimum Gasteiger partial charge on any atom is -0.295 e. The van der Waals surface area contributed by atoms with Gasteiger partial charge in [0, 0.05) is 0 Å². The summed E-state index contributed by atoms with van der Waals surface area (Å²) in [5, 5.41) is 0. The lowest BCUT2D eigenvalue weighted by Gasteiger charge is -2.10. The van der Waals surface area contributed by atoms with Crippen LogP contribution in [0.1, 0.15) is 17.0 Å². The Morgan fingerprint density at radius 2 is 2.00 bits per heavy atom. The lowest BCUT2D eigenvalue weighted by Crippen LogP contribution is -2.01. The van der Waals surface area contributed by atoms with E-state index in [1.54, 1.807) is 0 Å². The summed E-state index contributed by atoms with van der Waals surface area (Å²) in [5.41, 5.74) is 4.58. The van der Waals surface area contributed by atoms with E-state index in [9.17, 15) is 4.39 Å². The standard InChI is InChI=1S/C16H14ClFN2/c1-10-6-12(18)8-13(7-10)20-15(9-17)19-14-5-3-4-11(2)16(14)20/h3-8H,9H2,1-2H3. The average molecular weight is 289 g/mol. The van der Waals surface area contributed by atoms with E-state index in [0.717, 1.165) is 33.7 Å². The summed E-state index contributed by atoms with van der Waals surface area (Å²) in [5.74, 6) is 0.751. The van der Waals surface area contributed by atoms with Gasteiger partial charge in [-0.15, -0.1) is 11.6 Å². The molecule has 0 unspecified atom stereocenters. The third-order valence-electron chi connectivity index (χ3n) is 3.35. The molecule has 1 aromatic heterocycles. The summed E-state index contributed by atoms with van der Waals surface area (Å²) in [6.07, 6.45) is 0. The summed E-state index contributed by atoms with van der Waals surface area (Å²) >= 11 is 6.01. The van der Waals surface area contributed by atoms with Crippen LogP contribution in [0.4, 0.5) is 4.39 Å². The highest BCUT2D eigenvalue weighted by Crippen LogP contribution is 2.26. The lowest BCUT2D eigenvalue weighted by atomic mass is 10.1. The Bertz CT molecular complexity index is 772. The quantitative estimate of drug-likeness (QED) is 0.634. The maximum Gasteiger partial charge on any atom is 0.129 e. The van der Waals surface area contributed by atoms with Crippen molar-refractivity contribution in [2.24, 2.45) is 0 Å². The molecular formula is C16H14ClFN2. The number of hydrogen-bond donors (Lipinski definition) is 0. The number of hydrogen-bond acceptors (Lipinski definition) is 1. The molecule has 3 rings (SSSR count). The molecule has 0 aliphatic rings. The zero-order valence-corrected chi connectivity index (χ0v) is 12.1. The summed E-state index contributed by atoms with van der Waals surface area (Å²) in [7, 11) is 0. The normalized spacial score (nSPS) is 11.2. The van der Waals surface area contributed by atoms with Gasteiger partial charge in [0.25, 0.3) is 0 Å². The fourth-order valence-electron chi connectivity index (χ4n) is 2.56. The van der Waals surface area contributed by atoms with E-state index >= 15 is 0 Å². The van der Waals surface area contributed by atoms with Gasteiger partial charge in [0.15, 0.2) is 0 Å². The van der Waals surface area contributed by atoms with Crippen LogP contribution < -0.4 is 0 Å². The maximum atomic E-state index is 13.7. The average Bonchev–Trinajstić information content (AvgIpc) is 2.77. The highest BCUT2D eigenvalue weighted by molar-refractivity contribution is 6.17. The molecular weight excluding hydrogens is 275 g/mol. The molecule has 102 valence electrons. The number of benzene rings is 2. The van der Waals surface area contributed by atoms with E-state index in [4.69, 9.17) is 11.6 Å². The monoisotopic (exact) mass is 288 g/mol. The number of aromatic nitrogens is 2. The van der Waals surface area contributed by atoms with Crippen LogP contribution in [0.25, 0.3) is 16.7 Å². The van der Waals surface area contributed by atoms with Gasteiger partial charge in [0.2, 0.25) is 0 Å². The topological polar surface area (TPSA) is 17.8 Å². The summed E-state index contributed by atoms with van der Waals surface area (Å²) in [6.45, 7) is 3.89. The molecule has 4 heteroatoms. The molecule has 0 bridgehead atoms. The van der Waals surface area contributed by atoms with Crippen molar-refractivity contribution in [2.75, 3.05) is 0 Å². The molecule has 0 N–H and O–H groups in total. The zero-order chi connectivity index (χ0) is 14.3. The van der Waals surface area contributed by atoms with Gasteiger partial charge in [-0.2, -0.15) is 0 Å². The first-order valence-corrected chi connectivity index (χ1v) is 6.94. The van der Waals surface area contributed by atoms with Crippen LogP contribution in [0, 0.1) is 19.7 Å². The first kappa shape index (κ1) is 13.1. The number of imidazole rings is 1. The highest BCUT2D eigenvalue weighted by atomic mass is 35.5. The van der Waals surface area contributed by atoms with Crippen molar-refractivity contribution in [1.82, 2.24) is 9.55 Å². The smallest absolute Gasteiger partial charge is 0.129 e. The Balaban J connectivity index is 2.39. The van der Waals surface area contributed by atoms with Crippen LogP contribution >= 0.6 is 11.6 Å². The Labute approximate surface area is 121 Å². The van der Waals surface area contributed by atoms with Crippen molar-refractivity contribution in [3.8, 4) is 5.69 Å². The minimum absolute atomic E-state index is 0.254. The Morgan fingerprint density at radius 3 is 2.70 bits per heavy atom. The second-order valence-corrected chi connectivity index (χ2v) is 5.19. The van der Waals surface area contributed by atoms with E-state index in [-0.39, 0.29) is 11.7 Å². The van der Waals surface area contributed by atoms with Gasteiger partial charge < -0.3 is 0 Å². The number of rotatable bonds is 2. The second-order valence-electron chi connectivity index (χ2n) is 4.93. The third-order valence-corrected chi connectivity index (χ3v) is 3.59. The van der Waals surface area contributed by atoms with Gasteiger partial charge in [-0.1, -0.05) is 12.1 Å². The molecule has 0 radical (unpaired) electrons. The van der Waals surface area contributed by atoms with Crippen LogP contribution in [-0.2, 0) is 5.88 Å². The van der Waals surface area contributed by atoms with Gasteiger partial charge in [0.05, 0.1) is 22.6 Å². The molecule has 0 aliphatic heterocycles. The van der Waals surface area contributed by atoms with Gasteiger partial charge in [-0.3, -0.25) is 4.57 Å². The Morgan fingerprint density at radius 1 is 1.20 bits per heavy atom. The summed E-state index contributed by atoms with van der Waals surface area (Å²) in [4.78, 5) is 4.54. The fourth-order valence-corrected chi connectivity index (χ4v) is 2.74.